The van der Waals surface area contributed by atoms with E-state index in [9.17, 15) is 0 Å². The number of benzene rings is 11. The van der Waals surface area contributed by atoms with Crippen LogP contribution in [0.1, 0.15) is 0 Å². The Hall–Kier alpha value is -8.47. The van der Waals surface area contributed by atoms with Gasteiger partial charge in [-0.2, -0.15) is 0 Å². The van der Waals surface area contributed by atoms with Crippen LogP contribution in [0, 0.1) is 0 Å². The van der Waals surface area contributed by atoms with E-state index in [1.807, 2.05) is 0 Å². The zero-order valence-corrected chi connectivity index (χ0v) is 34.0. The van der Waals surface area contributed by atoms with Gasteiger partial charge in [-0.15, -0.1) is 0 Å². The highest BCUT2D eigenvalue weighted by atomic mass is 16.3. The van der Waals surface area contributed by atoms with Crippen LogP contribution in [0.5, 0.6) is 0 Å². The van der Waals surface area contributed by atoms with Gasteiger partial charge in [0.25, 0.3) is 0 Å². The molecular weight excluding hydrogens is 767 g/mol. The molecule has 0 bridgehead atoms. The lowest BCUT2D eigenvalue weighted by Crippen LogP contribution is -2.01. The van der Waals surface area contributed by atoms with Crippen LogP contribution in [0.25, 0.3) is 132 Å². The number of aromatic nitrogens is 3. The highest BCUT2D eigenvalue weighted by Gasteiger charge is 2.20. The summed E-state index contributed by atoms with van der Waals surface area (Å²) in [7, 11) is 0. The quantitative estimate of drug-likeness (QED) is 0.163. The summed E-state index contributed by atoms with van der Waals surface area (Å²) in [5, 5.41) is 13.9. The van der Waals surface area contributed by atoms with Crippen molar-refractivity contribution in [3.63, 3.8) is 0 Å². The predicted octanol–water partition coefficient (Wildman–Crippen LogP) is 15.9. The predicted molar refractivity (Wildman–Crippen MR) is 262 cm³/mol. The lowest BCUT2D eigenvalue weighted by atomic mass is 9.95. The molecule has 63 heavy (non-hydrogen) atoms. The van der Waals surface area contributed by atoms with E-state index in [0.717, 1.165) is 82.4 Å². The van der Waals surface area contributed by atoms with E-state index >= 15 is 0 Å². The minimum atomic E-state index is 0.613. The first-order valence-electron chi connectivity index (χ1n) is 21.3. The molecule has 0 atom stereocenters. The Kier molecular flexibility index (Phi) is 7.87. The number of rotatable bonds is 5. The number of fused-ring (bicyclic) bond motifs is 11. The molecule has 0 N–H and O–H groups in total. The van der Waals surface area contributed by atoms with E-state index in [-0.39, 0.29) is 0 Å². The van der Waals surface area contributed by atoms with Crippen molar-refractivity contribution in [2.24, 2.45) is 0 Å². The van der Waals surface area contributed by atoms with E-state index in [4.69, 9.17) is 19.4 Å². The molecule has 292 valence electrons. The van der Waals surface area contributed by atoms with Crippen molar-refractivity contribution in [2.75, 3.05) is 0 Å². The van der Waals surface area contributed by atoms with Crippen LogP contribution in [0.4, 0.5) is 0 Å². The van der Waals surface area contributed by atoms with Gasteiger partial charge in [0.1, 0.15) is 11.2 Å². The fourth-order valence-electron chi connectivity index (χ4n) is 9.72. The van der Waals surface area contributed by atoms with Crippen molar-refractivity contribution in [1.29, 1.82) is 0 Å². The zero-order chi connectivity index (χ0) is 41.4. The van der Waals surface area contributed by atoms with Crippen molar-refractivity contribution in [1.82, 2.24) is 15.0 Å². The standard InChI is InChI=1S/C59H35N3O/c1-6-23-45-36(14-1)30-31-54-55(45)51-29-13-28-46(56(51)63-54)39-19-11-17-37(32-39)38-18-12-20-42(33-38)57-60-58(52-34-40-15-2-4-21-43(40)47-24-7-9-26-49(47)52)62-59(61-57)53-35-41-16-3-5-22-44(41)48-25-8-10-27-50(48)53/h1-35H. The SMILES string of the molecule is c1cc(-c2cccc(-c3cccc4c3oc3ccc5ccccc5c34)c2)cc(-c2nc(-c3cc4ccccc4c4ccccc34)nc(-c3cc4ccccc4c4ccccc34)n2)c1. The molecule has 0 saturated carbocycles. The average Bonchev–Trinajstić information content (AvgIpc) is 3.75. The second-order valence-corrected chi connectivity index (χ2v) is 16.3. The van der Waals surface area contributed by atoms with E-state index in [2.05, 4.69) is 212 Å². The molecule has 0 aliphatic heterocycles. The molecule has 4 nitrogen and oxygen atoms in total. The van der Waals surface area contributed by atoms with Crippen LogP contribution >= 0.6 is 0 Å². The van der Waals surface area contributed by atoms with Gasteiger partial charge >= 0.3 is 0 Å². The van der Waals surface area contributed by atoms with Gasteiger partial charge in [0.05, 0.1) is 0 Å². The summed E-state index contributed by atoms with van der Waals surface area (Å²) in [6, 6.07) is 75.1. The lowest BCUT2D eigenvalue weighted by molar-refractivity contribution is 0.670. The van der Waals surface area contributed by atoms with E-state index in [0.29, 0.717) is 17.5 Å². The van der Waals surface area contributed by atoms with Crippen LogP contribution in [-0.2, 0) is 0 Å². The highest BCUT2D eigenvalue weighted by molar-refractivity contribution is 6.21. The van der Waals surface area contributed by atoms with Gasteiger partial charge in [0.2, 0.25) is 0 Å². The second kappa shape index (κ2) is 14.1. The second-order valence-electron chi connectivity index (χ2n) is 16.3. The maximum absolute atomic E-state index is 6.64. The van der Waals surface area contributed by atoms with Crippen LogP contribution in [0.15, 0.2) is 217 Å². The normalized spacial score (nSPS) is 11.8. The smallest absolute Gasteiger partial charge is 0.164 e. The van der Waals surface area contributed by atoms with E-state index in [1.165, 1.54) is 32.3 Å². The van der Waals surface area contributed by atoms with Crippen LogP contribution in [-0.4, -0.2) is 15.0 Å². The first-order chi connectivity index (χ1) is 31.2. The fraction of sp³-hybridized carbons (Fsp3) is 0. The Balaban J connectivity index is 0.992. The third-order valence-corrected chi connectivity index (χ3v) is 12.7. The first kappa shape index (κ1) is 35.3. The van der Waals surface area contributed by atoms with Crippen molar-refractivity contribution in [3.05, 3.63) is 212 Å². The molecular formula is C59H35N3O. The molecule has 2 aromatic heterocycles. The third-order valence-electron chi connectivity index (χ3n) is 12.7. The number of para-hydroxylation sites is 1. The molecule has 0 spiro atoms. The molecule has 0 unspecified atom stereocenters. The largest absolute Gasteiger partial charge is 0.455 e. The van der Waals surface area contributed by atoms with Gasteiger partial charge in [-0.3, -0.25) is 0 Å². The Morgan fingerprint density at radius 1 is 0.270 bits per heavy atom. The molecule has 2 heterocycles. The Bertz CT molecular complexity index is 3860. The summed E-state index contributed by atoms with van der Waals surface area (Å²) in [5.74, 6) is 1.88. The molecule has 0 aliphatic carbocycles. The molecule has 13 aromatic rings. The number of furan rings is 1. The summed E-state index contributed by atoms with van der Waals surface area (Å²) >= 11 is 0. The van der Waals surface area contributed by atoms with Crippen molar-refractivity contribution < 1.29 is 4.42 Å². The molecule has 0 fully saturated rings. The Morgan fingerprint density at radius 2 is 0.730 bits per heavy atom. The summed E-state index contributed by atoms with van der Waals surface area (Å²) in [4.78, 5) is 16.0. The topological polar surface area (TPSA) is 51.8 Å². The maximum atomic E-state index is 6.64. The van der Waals surface area contributed by atoms with Gasteiger partial charge < -0.3 is 4.42 Å². The molecule has 0 radical (unpaired) electrons. The van der Waals surface area contributed by atoms with Gasteiger partial charge in [0.15, 0.2) is 17.5 Å². The highest BCUT2D eigenvalue weighted by Crippen LogP contribution is 2.41. The van der Waals surface area contributed by atoms with Gasteiger partial charge in [0, 0.05) is 33.0 Å². The number of hydrogen-bond acceptors (Lipinski definition) is 4. The van der Waals surface area contributed by atoms with Crippen molar-refractivity contribution >= 4 is 75.8 Å². The average molecular weight is 802 g/mol. The summed E-state index contributed by atoms with van der Waals surface area (Å²) in [5.41, 5.74) is 8.92. The number of nitrogens with zero attached hydrogens (tertiary/aromatic N) is 3. The minimum Gasteiger partial charge on any atom is -0.455 e. The monoisotopic (exact) mass is 801 g/mol. The zero-order valence-electron chi connectivity index (χ0n) is 34.0. The minimum absolute atomic E-state index is 0.613. The molecule has 0 aliphatic rings. The van der Waals surface area contributed by atoms with E-state index in [1.54, 1.807) is 0 Å². The van der Waals surface area contributed by atoms with Gasteiger partial charge in [-0.1, -0.05) is 182 Å². The number of hydrogen-bond donors (Lipinski definition) is 0. The van der Waals surface area contributed by atoms with Crippen molar-refractivity contribution in [3.8, 4) is 56.4 Å². The van der Waals surface area contributed by atoms with Gasteiger partial charge in [-0.05, 0) is 101 Å². The first-order valence-corrected chi connectivity index (χ1v) is 21.3. The molecule has 4 heteroatoms. The van der Waals surface area contributed by atoms with Crippen molar-refractivity contribution in [2.45, 2.75) is 0 Å². The van der Waals surface area contributed by atoms with Gasteiger partial charge in [-0.25, -0.2) is 15.0 Å². The third kappa shape index (κ3) is 5.73. The van der Waals surface area contributed by atoms with Crippen LogP contribution < -0.4 is 0 Å². The van der Waals surface area contributed by atoms with Crippen LogP contribution in [0.2, 0.25) is 0 Å². The fourth-order valence-corrected chi connectivity index (χ4v) is 9.72. The summed E-state index contributed by atoms with van der Waals surface area (Å²) in [6.45, 7) is 0. The van der Waals surface area contributed by atoms with Crippen LogP contribution in [0.3, 0.4) is 0 Å². The Morgan fingerprint density at radius 3 is 1.37 bits per heavy atom. The molecule has 0 saturated heterocycles. The van der Waals surface area contributed by atoms with E-state index < -0.39 is 0 Å². The summed E-state index contributed by atoms with van der Waals surface area (Å²) in [6.07, 6.45) is 0. The maximum Gasteiger partial charge on any atom is 0.164 e. The molecule has 0 amide bonds. The summed E-state index contributed by atoms with van der Waals surface area (Å²) < 4.78 is 6.64. The molecule has 13 rings (SSSR count). The lowest BCUT2D eigenvalue weighted by Gasteiger charge is -2.14. The Labute approximate surface area is 362 Å². The molecule has 11 aromatic carbocycles.